The first kappa shape index (κ1) is 9.01. The van der Waals surface area contributed by atoms with E-state index < -0.39 is 0 Å². The largest absolute Gasteiger partial charge is 0.339 e. The molecule has 0 atom stereocenters. The van der Waals surface area contributed by atoms with Crippen LogP contribution in [0.3, 0.4) is 0 Å². The molecule has 0 fully saturated rings. The molecule has 74 valence electrons. The van der Waals surface area contributed by atoms with E-state index >= 15 is 0 Å². The number of pyridine rings is 1. The summed E-state index contributed by atoms with van der Waals surface area (Å²) in [4.78, 5) is 7.42. The monoisotopic (exact) mass is 236 g/mol. The Balaban J connectivity index is 2.61. The Labute approximate surface area is 95.8 Å². The summed E-state index contributed by atoms with van der Waals surface area (Å²) in [5.74, 6) is 0. The second kappa shape index (κ2) is 3.12. The molecule has 2 heterocycles. The van der Waals surface area contributed by atoms with Crippen molar-refractivity contribution in [2.75, 3.05) is 0 Å². The lowest BCUT2D eigenvalue weighted by Gasteiger charge is -1.93. The SMILES string of the molecule is Clc1ccc2[nH]c3nccc(Cl)c3c2c1. The van der Waals surface area contributed by atoms with E-state index in [0.29, 0.717) is 10.0 Å². The van der Waals surface area contributed by atoms with Crippen molar-refractivity contribution in [2.24, 2.45) is 0 Å². The minimum atomic E-state index is 0.688. The van der Waals surface area contributed by atoms with Gasteiger partial charge in [-0.3, -0.25) is 0 Å². The van der Waals surface area contributed by atoms with Gasteiger partial charge in [0.05, 0.1) is 5.02 Å². The van der Waals surface area contributed by atoms with Crippen LogP contribution in [0.15, 0.2) is 30.5 Å². The van der Waals surface area contributed by atoms with Crippen LogP contribution in [0.5, 0.6) is 0 Å². The minimum Gasteiger partial charge on any atom is -0.339 e. The summed E-state index contributed by atoms with van der Waals surface area (Å²) >= 11 is 12.1. The Hall–Kier alpha value is -1.25. The number of benzene rings is 1. The number of aromatic amines is 1. The van der Waals surface area contributed by atoms with Crippen LogP contribution in [0.4, 0.5) is 0 Å². The van der Waals surface area contributed by atoms with Gasteiger partial charge in [-0.05, 0) is 24.3 Å². The summed E-state index contributed by atoms with van der Waals surface area (Å²) in [5.41, 5.74) is 1.79. The number of rotatable bonds is 0. The first-order chi connectivity index (χ1) is 7.25. The molecule has 0 saturated heterocycles. The molecule has 4 heteroatoms. The maximum atomic E-state index is 6.13. The molecule has 1 N–H and O–H groups in total. The van der Waals surface area contributed by atoms with Gasteiger partial charge < -0.3 is 4.98 Å². The minimum absolute atomic E-state index is 0.688. The molecule has 2 aromatic heterocycles. The van der Waals surface area contributed by atoms with E-state index in [1.54, 1.807) is 12.3 Å². The molecule has 0 bridgehead atoms. The zero-order valence-electron chi connectivity index (χ0n) is 7.59. The van der Waals surface area contributed by atoms with Gasteiger partial charge in [0.25, 0.3) is 0 Å². The molecule has 0 spiro atoms. The van der Waals surface area contributed by atoms with Gasteiger partial charge in [-0.2, -0.15) is 0 Å². The van der Waals surface area contributed by atoms with Crippen LogP contribution in [-0.2, 0) is 0 Å². The third kappa shape index (κ3) is 1.29. The molecule has 15 heavy (non-hydrogen) atoms. The second-order valence-electron chi connectivity index (χ2n) is 3.33. The molecule has 0 saturated carbocycles. The number of halogens is 2. The number of fused-ring (bicyclic) bond motifs is 3. The van der Waals surface area contributed by atoms with Crippen molar-refractivity contribution in [3.8, 4) is 0 Å². The summed E-state index contributed by atoms with van der Waals surface area (Å²) in [6.07, 6.45) is 1.68. The van der Waals surface area contributed by atoms with Gasteiger partial charge in [0, 0.05) is 27.5 Å². The van der Waals surface area contributed by atoms with E-state index in [1.807, 2.05) is 18.2 Å². The Kier molecular flexibility index (Phi) is 1.87. The number of nitrogens with one attached hydrogen (secondary N) is 1. The van der Waals surface area contributed by atoms with Crippen molar-refractivity contribution >= 4 is 45.1 Å². The molecule has 0 amide bonds. The van der Waals surface area contributed by atoms with E-state index in [0.717, 1.165) is 21.9 Å². The fourth-order valence-electron chi connectivity index (χ4n) is 1.75. The van der Waals surface area contributed by atoms with Crippen molar-refractivity contribution in [1.29, 1.82) is 0 Å². The number of H-pyrrole nitrogens is 1. The van der Waals surface area contributed by atoms with Gasteiger partial charge >= 0.3 is 0 Å². The molecule has 0 aliphatic rings. The Morgan fingerprint density at radius 2 is 2.00 bits per heavy atom. The van der Waals surface area contributed by atoms with Crippen LogP contribution in [0.1, 0.15) is 0 Å². The summed E-state index contributed by atoms with van der Waals surface area (Å²) in [6.45, 7) is 0. The third-order valence-corrected chi connectivity index (χ3v) is 2.95. The van der Waals surface area contributed by atoms with Crippen molar-refractivity contribution in [1.82, 2.24) is 9.97 Å². The highest BCUT2D eigenvalue weighted by atomic mass is 35.5. The topological polar surface area (TPSA) is 28.7 Å². The molecule has 0 unspecified atom stereocenters. The van der Waals surface area contributed by atoms with Gasteiger partial charge in [-0.15, -0.1) is 0 Å². The van der Waals surface area contributed by atoms with Crippen LogP contribution in [0.2, 0.25) is 10.0 Å². The highest BCUT2D eigenvalue weighted by Crippen LogP contribution is 2.31. The first-order valence-electron chi connectivity index (χ1n) is 4.47. The summed E-state index contributed by atoms with van der Waals surface area (Å²) < 4.78 is 0. The zero-order valence-corrected chi connectivity index (χ0v) is 9.10. The zero-order chi connectivity index (χ0) is 10.4. The standard InChI is InChI=1S/C11H6Cl2N2/c12-6-1-2-9-7(5-6)10-8(13)3-4-14-11(10)15-9/h1-5H,(H,14,15). The van der Waals surface area contributed by atoms with Crippen molar-refractivity contribution < 1.29 is 0 Å². The van der Waals surface area contributed by atoms with Gasteiger partial charge in [0.2, 0.25) is 0 Å². The highest BCUT2D eigenvalue weighted by Gasteiger charge is 2.08. The lowest BCUT2D eigenvalue weighted by molar-refractivity contribution is 1.35. The molecule has 0 aliphatic heterocycles. The average Bonchev–Trinajstić information content (AvgIpc) is 2.57. The van der Waals surface area contributed by atoms with Crippen LogP contribution >= 0.6 is 23.2 Å². The van der Waals surface area contributed by atoms with E-state index in [2.05, 4.69) is 9.97 Å². The van der Waals surface area contributed by atoms with E-state index in [1.165, 1.54) is 0 Å². The van der Waals surface area contributed by atoms with E-state index in [4.69, 9.17) is 23.2 Å². The predicted molar refractivity (Wildman–Crippen MR) is 63.6 cm³/mol. The normalized spacial score (nSPS) is 11.3. The number of hydrogen-bond donors (Lipinski definition) is 1. The summed E-state index contributed by atoms with van der Waals surface area (Å²) in [6, 6.07) is 7.43. The van der Waals surface area contributed by atoms with Crippen LogP contribution in [0, 0.1) is 0 Å². The van der Waals surface area contributed by atoms with Crippen molar-refractivity contribution in [3.05, 3.63) is 40.5 Å². The number of nitrogens with zero attached hydrogens (tertiary/aromatic N) is 1. The molecule has 2 nitrogen and oxygen atoms in total. The highest BCUT2D eigenvalue weighted by molar-refractivity contribution is 6.38. The fraction of sp³-hybridized carbons (Fsp3) is 0. The quantitative estimate of drug-likeness (QED) is 0.628. The summed E-state index contributed by atoms with van der Waals surface area (Å²) in [7, 11) is 0. The van der Waals surface area contributed by atoms with Crippen molar-refractivity contribution in [2.45, 2.75) is 0 Å². The molecule has 1 aromatic carbocycles. The Morgan fingerprint density at radius 1 is 1.13 bits per heavy atom. The molecule has 0 radical (unpaired) electrons. The number of hydrogen-bond acceptors (Lipinski definition) is 1. The first-order valence-corrected chi connectivity index (χ1v) is 5.23. The van der Waals surface area contributed by atoms with Crippen LogP contribution < -0.4 is 0 Å². The van der Waals surface area contributed by atoms with E-state index in [9.17, 15) is 0 Å². The van der Waals surface area contributed by atoms with Gasteiger partial charge in [-0.1, -0.05) is 23.2 Å². The van der Waals surface area contributed by atoms with E-state index in [-0.39, 0.29) is 0 Å². The number of aromatic nitrogens is 2. The third-order valence-electron chi connectivity index (χ3n) is 2.40. The van der Waals surface area contributed by atoms with Crippen LogP contribution in [0.25, 0.3) is 21.9 Å². The molecular formula is C11H6Cl2N2. The molecular weight excluding hydrogens is 231 g/mol. The smallest absolute Gasteiger partial charge is 0.139 e. The lowest BCUT2D eigenvalue weighted by Crippen LogP contribution is -1.74. The van der Waals surface area contributed by atoms with Gasteiger partial charge in [-0.25, -0.2) is 4.98 Å². The molecule has 3 aromatic rings. The fourth-order valence-corrected chi connectivity index (χ4v) is 2.17. The summed E-state index contributed by atoms with van der Waals surface area (Å²) in [5, 5.41) is 3.32. The predicted octanol–water partition coefficient (Wildman–Crippen LogP) is 4.02. The molecule has 0 aliphatic carbocycles. The second-order valence-corrected chi connectivity index (χ2v) is 4.17. The maximum absolute atomic E-state index is 6.13. The Bertz CT molecular complexity index is 658. The lowest BCUT2D eigenvalue weighted by atomic mass is 10.2. The average molecular weight is 237 g/mol. The molecule has 3 rings (SSSR count). The maximum Gasteiger partial charge on any atom is 0.139 e. The Morgan fingerprint density at radius 3 is 2.87 bits per heavy atom. The van der Waals surface area contributed by atoms with Gasteiger partial charge in [0.15, 0.2) is 0 Å². The van der Waals surface area contributed by atoms with Crippen LogP contribution in [-0.4, -0.2) is 9.97 Å². The van der Waals surface area contributed by atoms with Crippen molar-refractivity contribution in [3.63, 3.8) is 0 Å². The van der Waals surface area contributed by atoms with Gasteiger partial charge in [0.1, 0.15) is 5.65 Å².